The van der Waals surface area contributed by atoms with Crippen LogP contribution in [0.25, 0.3) is 21.8 Å². The number of aromatic nitrogens is 4. The summed E-state index contributed by atoms with van der Waals surface area (Å²) in [6.45, 7) is 15.0. The van der Waals surface area contributed by atoms with Gasteiger partial charge in [-0.05, 0) is 73.6 Å². The Morgan fingerprint density at radius 2 is 1.06 bits per heavy atom. The maximum Gasteiger partial charge on any atom is 0.303 e. The van der Waals surface area contributed by atoms with Crippen LogP contribution >= 0.6 is 21.6 Å². The Morgan fingerprint density at radius 3 is 1.63 bits per heavy atom. The molecular formula is C64H91N15O13S2. The topological polar surface area (TPSA) is 418 Å². The zero-order valence-electron chi connectivity index (χ0n) is 54.6. The third-order valence-corrected chi connectivity index (χ3v) is 17.3. The van der Waals surface area contributed by atoms with Crippen molar-refractivity contribution >= 4 is 114 Å². The van der Waals surface area contributed by atoms with Gasteiger partial charge in [-0.1, -0.05) is 106 Å². The monoisotopic (exact) mass is 1340 g/mol. The number of aliphatic carboxylic acids is 1. The third-order valence-electron chi connectivity index (χ3n) is 14.9. The molecular weight excluding hydrogens is 1250 g/mol. The number of hydrogen-bond acceptors (Lipinski definition) is 15. The summed E-state index contributed by atoms with van der Waals surface area (Å²) < 4.78 is 0. The van der Waals surface area contributed by atoms with Crippen molar-refractivity contribution in [1.29, 1.82) is 0 Å². The first-order valence-corrected chi connectivity index (χ1v) is 34.0. The Hall–Kier alpha value is -8.93. The first-order valence-electron chi connectivity index (χ1n) is 31.5. The van der Waals surface area contributed by atoms with Gasteiger partial charge in [0.15, 0.2) is 0 Å². The van der Waals surface area contributed by atoms with Crippen LogP contribution < -0.4 is 58.5 Å². The van der Waals surface area contributed by atoms with Gasteiger partial charge in [0.1, 0.15) is 48.3 Å². The summed E-state index contributed by atoms with van der Waals surface area (Å²) in [5.74, 6) is -9.06. The number of fused-ring (bicyclic) bond motifs is 2. The number of carbonyl (C=O) groups excluding carboxylic acids is 11. The number of rotatable bonds is 40. The van der Waals surface area contributed by atoms with E-state index >= 15 is 0 Å². The lowest BCUT2D eigenvalue weighted by molar-refractivity contribution is -0.138. The summed E-state index contributed by atoms with van der Waals surface area (Å²) in [5, 5.41) is 40.8. The minimum absolute atomic E-state index is 0.00528. The molecule has 3 heterocycles. The average molecular weight is 1340 g/mol. The molecule has 5 aromatic rings. The highest BCUT2D eigenvalue weighted by molar-refractivity contribution is 8.76. The second kappa shape index (κ2) is 38.3. The number of aromatic amines is 3. The minimum atomic E-state index is -1.49. The van der Waals surface area contributed by atoms with Gasteiger partial charge in [-0.2, -0.15) is 0 Å². The van der Waals surface area contributed by atoms with Crippen LogP contribution in [-0.2, 0) is 76.9 Å². The number of carboxylic acid groups (broad SMARTS) is 1. The molecule has 30 heteroatoms. The summed E-state index contributed by atoms with van der Waals surface area (Å²) in [4.78, 5) is 175. The van der Waals surface area contributed by atoms with Gasteiger partial charge in [-0.15, -0.1) is 0 Å². The van der Waals surface area contributed by atoms with Gasteiger partial charge in [0.05, 0.1) is 25.1 Å². The van der Waals surface area contributed by atoms with E-state index < -0.39 is 145 Å². The number of H-pyrrole nitrogens is 3. The van der Waals surface area contributed by atoms with Gasteiger partial charge in [-0.3, -0.25) is 57.5 Å². The average Bonchev–Trinajstić information content (AvgIpc) is 1.65. The number of carbonyl (C=O) groups is 12. The number of para-hydroxylation sites is 2. The van der Waals surface area contributed by atoms with Crippen molar-refractivity contribution in [3.8, 4) is 0 Å². The van der Waals surface area contributed by atoms with E-state index in [0.717, 1.165) is 27.4 Å². The number of carboxylic acids is 1. The number of nitrogens with zero attached hydrogens (tertiary/aromatic N) is 1. The molecule has 8 atom stereocenters. The van der Waals surface area contributed by atoms with E-state index in [4.69, 9.17) is 0 Å². The molecule has 0 fully saturated rings. The Balaban J connectivity index is 1.24. The van der Waals surface area contributed by atoms with Crippen molar-refractivity contribution in [3.05, 3.63) is 90.3 Å². The van der Waals surface area contributed by atoms with Crippen molar-refractivity contribution < 1.29 is 62.6 Å². The van der Waals surface area contributed by atoms with Gasteiger partial charge in [0.2, 0.25) is 65.0 Å². The molecule has 11 amide bonds. The molecule has 0 spiro atoms. The Morgan fingerprint density at radius 1 is 0.532 bits per heavy atom. The lowest BCUT2D eigenvalue weighted by Gasteiger charge is -2.29. The van der Waals surface area contributed by atoms with Crippen LogP contribution in [0.4, 0.5) is 0 Å². The Kier molecular flexibility index (Phi) is 30.9. The van der Waals surface area contributed by atoms with Crippen molar-refractivity contribution in [1.82, 2.24) is 78.4 Å². The molecule has 94 heavy (non-hydrogen) atoms. The third kappa shape index (κ3) is 25.2. The fraction of sp³-hybridized carbons (Fsp3) is 0.516. The minimum Gasteiger partial charge on any atom is -0.481 e. The number of benzene rings is 2. The van der Waals surface area contributed by atoms with Crippen molar-refractivity contribution in [2.24, 2.45) is 17.8 Å². The molecule has 0 aliphatic carbocycles. The summed E-state index contributed by atoms with van der Waals surface area (Å²) >= 11 is 0. The van der Waals surface area contributed by atoms with E-state index in [1.54, 1.807) is 46.3 Å². The standard InChI is InChI=1S/C64H91N15O13S2/c1-10-22-66-60(88)52(33-94-93-23-21-53(81)72-38(8)57(85)75-50(59(87)69-31-42-30-65-34-71-42)26-40-28-67-45-17-13-11-15-43(40)45)78-62(90)51(27-41-29-68-46-18-14-12-16-44(41)46)77-64(92)56(37(6)7)79-63(91)49(25-36(4)5)76-61(89)47(19-20-55(83)84)74-54(82)32-70-58(86)48(24-35(2)3)73-39(9)80/h11-18,28-30,34-38,47-52,56,67-68H,10,19-27,31-33H2,1-9H3,(H,65,71)(H,66,88)(H,69,87)(H,70,86)(H,72,81)(H,73,80)(H,74,82)(H,75,85)(H,76,89)(H,77,92)(H,78,90)(H,79,91)(H,83,84)/t38-,47-,48-,49-,50-,51-,52-,56?/m0/s1. The van der Waals surface area contributed by atoms with Crippen molar-refractivity contribution in [3.63, 3.8) is 0 Å². The number of nitrogens with one attached hydrogen (secondary N) is 14. The quantitative estimate of drug-likeness (QED) is 0.0198. The van der Waals surface area contributed by atoms with Crippen LogP contribution in [0.3, 0.4) is 0 Å². The second-order valence-corrected chi connectivity index (χ2v) is 26.7. The molecule has 15 N–H and O–H groups in total. The van der Waals surface area contributed by atoms with Gasteiger partial charge >= 0.3 is 5.97 Å². The molecule has 512 valence electrons. The highest BCUT2D eigenvalue weighted by Crippen LogP contribution is 2.25. The molecule has 1 unspecified atom stereocenters. The molecule has 28 nitrogen and oxygen atoms in total. The first kappa shape index (κ1) is 75.8. The zero-order chi connectivity index (χ0) is 69.0. The molecule has 0 bridgehead atoms. The predicted molar refractivity (Wildman–Crippen MR) is 358 cm³/mol. The summed E-state index contributed by atoms with van der Waals surface area (Å²) in [5.41, 5.74) is 3.66. The lowest BCUT2D eigenvalue weighted by Crippen LogP contribution is -2.61. The van der Waals surface area contributed by atoms with E-state index in [-0.39, 0.29) is 68.5 Å². The van der Waals surface area contributed by atoms with E-state index in [1.165, 1.54) is 41.8 Å². The normalized spacial score (nSPS) is 13.9. The highest BCUT2D eigenvalue weighted by atomic mass is 33.1. The number of imidazole rings is 1. The van der Waals surface area contributed by atoms with E-state index in [1.807, 2.05) is 69.3 Å². The van der Waals surface area contributed by atoms with E-state index in [0.29, 0.717) is 17.7 Å². The maximum atomic E-state index is 14.7. The van der Waals surface area contributed by atoms with Crippen LogP contribution in [0.1, 0.15) is 118 Å². The molecule has 2 aromatic carbocycles. The molecule has 5 rings (SSSR count). The molecule has 0 saturated carbocycles. The van der Waals surface area contributed by atoms with Gasteiger partial charge in [0, 0.05) is 91.1 Å². The van der Waals surface area contributed by atoms with E-state index in [9.17, 15) is 62.6 Å². The highest BCUT2D eigenvalue weighted by Gasteiger charge is 2.35. The summed E-state index contributed by atoms with van der Waals surface area (Å²) in [6, 6.07) is 5.30. The van der Waals surface area contributed by atoms with Gasteiger partial charge in [0.25, 0.3) is 0 Å². The van der Waals surface area contributed by atoms with Crippen LogP contribution in [0.15, 0.2) is 73.4 Å². The van der Waals surface area contributed by atoms with Crippen molar-refractivity contribution in [2.75, 3.05) is 24.6 Å². The van der Waals surface area contributed by atoms with Gasteiger partial charge < -0.3 is 78.5 Å². The Bertz CT molecular complexity index is 3390. The van der Waals surface area contributed by atoms with Crippen molar-refractivity contribution in [2.45, 2.75) is 169 Å². The van der Waals surface area contributed by atoms with Crippen LogP contribution in [-0.4, -0.2) is 169 Å². The Labute approximate surface area is 554 Å². The zero-order valence-corrected chi connectivity index (χ0v) is 56.2. The predicted octanol–water partition coefficient (Wildman–Crippen LogP) is 2.42. The lowest BCUT2D eigenvalue weighted by atomic mass is 9.98. The van der Waals surface area contributed by atoms with Crippen LogP contribution in [0.5, 0.6) is 0 Å². The van der Waals surface area contributed by atoms with Crippen LogP contribution in [0.2, 0.25) is 0 Å². The molecule has 3 aromatic heterocycles. The molecule has 0 aliphatic rings. The fourth-order valence-corrected chi connectivity index (χ4v) is 12.2. The molecule has 0 aliphatic heterocycles. The number of amides is 11. The van der Waals surface area contributed by atoms with E-state index in [2.05, 4.69) is 78.4 Å². The summed E-state index contributed by atoms with van der Waals surface area (Å²) in [6.07, 6.45) is 6.58. The first-order chi connectivity index (χ1) is 44.7. The largest absolute Gasteiger partial charge is 0.481 e. The summed E-state index contributed by atoms with van der Waals surface area (Å²) in [7, 11) is 2.46. The SMILES string of the molecule is CCCNC(=O)[C@H](CSSCCC(=O)N[C@@H](C)C(=O)N[C@@H](Cc1c[nH]c2ccccc12)C(=O)NCc1c[nH]cn1)NC(=O)[C@H](Cc1c[nH]c2ccccc12)NC(=O)C(NC(=O)[C@H](CC(C)C)NC(=O)[C@H](CCC(=O)O)NC(=O)CNC(=O)[C@H](CC(C)C)NC(C)=O)C(C)C. The van der Waals surface area contributed by atoms with Gasteiger partial charge in [-0.25, -0.2) is 4.98 Å². The number of hydrogen-bond donors (Lipinski definition) is 15. The smallest absolute Gasteiger partial charge is 0.303 e. The fourth-order valence-electron chi connectivity index (χ4n) is 10.0. The van der Waals surface area contributed by atoms with Crippen LogP contribution in [0, 0.1) is 17.8 Å². The molecule has 0 saturated heterocycles. The maximum absolute atomic E-state index is 14.7. The second-order valence-electron chi connectivity index (χ2n) is 24.1. The molecule has 0 radical (unpaired) electrons.